The van der Waals surface area contributed by atoms with Crippen LogP contribution in [0.25, 0.3) is 0 Å². The van der Waals surface area contributed by atoms with E-state index in [1.807, 2.05) is 57.2 Å². The molecule has 0 spiro atoms. The third-order valence-corrected chi connectivity index (χ3v) is 2.33. The number of rotatable bonds is 5. The molecule has 0 unspecified atom stereocenters. The van der Waals surface area contributed by atoms with Crippen LogP contribution in [0.15, 0.2) is 47.1 Å². The van der Waals surface area contributed by atoms with Gasteiger partial charge in [-0.3, -0.25) is 4.99 Å². The molecule has 19 heavy (non-hydrogen) atoms. The molecule has 0 saturated carbocycles. The zero-order chi connectivity index (χ0) is 14.1. The van der Waals surface area contributed by atoms with Gasteiger partial charge in [0.05, 0.1) is 5.69 Å². The van der Waals surface area contributed by atoms with E-state index in [-0.39, 0.29) is 6.03 Å². The van der Waals surface area contributed by atoms with Crippen LogP contribution in [0, 0.1) is 0 Å². The highest BCUT2D eigenvalue weighted by atomic mass is 16.2. The summed E-state index contributed by atoms with van der Waals surface area (Å²) >= 11 is 0. The van der Waals surface area contributed by atoms with Crippen molar-refractivity contribution >= 4 is 17.4 Å². The minimum absolute atomic E-state index is 0.178. The minimum Gasteiger partial charge on any atom is -0.338 e. The van der Waals surface area contributed by atoms with Gasteiger partial charge in [-0.1, -0.05) is 25.1 Å². The van der Waals surface area contributed by atoms with Crippen molar-refractivity contribution in [2.75, 3.05) is 6.54 Å². The summed E-state index contributed by atoms with van der Waals surface area (Å²) in [6.07, 6.45) is 2.77. The van der Waals surface area contributed by atoms with Gasteiger partial charge in [0.2, 0.25) is 0 Å². The first-order valence-corrected chi connectivity index (χ1v) is 6.45. The highest BCUT2D eigenvalue weighted by Crippen LogP contribution is 2.10. The largest absolute Gasteiger partial charge is 0.338 e. The lowest BCUT2D eigenvalue weighted by Crippen LogP contribution is -2.34. The molecule has 2 amide bonds. The third-order valence-electron chi connectivity index (χ3n) is 2.33. The standard InChI is InChI=1S/C15H21N3O/c1-4-10-16-15(19)18-13(3)11-12(2)17-14-8-6-5-7-9-14/h5-9,11H,4,10H2,1-3H3,(H2,16,18,19). The maximum absolute atomic E-state index is 11.4. The second kappa shape index (κ2) is 8.08. The van der Waals surface area contributed by atoms with Gasteiger partial charge in [0.15, 0.2) is 0 Å². The fourth-order valence-corrected chi connectivity index (χ4v) is 1.55. The molecule has 4 nitrogen and oxygen atoms in total. The average Bonchev–Trinajstić information content (AvgIpc) is 2.37. The number of benzene rings is 1. The predicted octanol–water partition coefficient (Wildman–Crippen LogP) is 3.39. The molecule has 0 aliphatic heterocycles. The van der Waals surface area contributed by atoms with E-state index >= 15 is 0 Å². The number of hydrogen-bond acceptors (Lipinski definition) is 2. The van der Waals surface area contributed by atoms with E-state index in [4.69, 9.17) is 0 Å². The number of nitrogens with zero attached hydrogens (tertiary/aromatic N) is 1. The van der Waals surface area contributed by atoms with Crippen LogP contribution in [0.2, 0.25) is 0 Å². The summed E-state index contributed by atoms with van der Waals surface area (Å²) in [5.41, 5.74) is 2.52. The van der Waals surface area contributed by atoms with Crippen LogP contribution >= 0.6 is 0 Å². The monoisotopic (exact) mass is 259 g/mol. The van der Waals surface area contributed by atoms with E-state index in [0.717, 1.165) is 23.5 Å². The van der Waals surface area contributed by atoms with Crippen molar-refractivity contribution in [3.05, 3.63) is 42.1 Å². The van der Waals surface area contributed by atoms with Gasteiger partial charge in [0.1, 0.15) is 0 Å². The Hall–Kier alpha value is -2.10. The SMILES string of the molecule is CCCNC(=O)NC(C)=CC(C)=Nc1ccccc1. The molecule has 0 radical (unpaired) electrons. The zero-order valence-corrected chi connectivity index (χ0v) is 11.7. The highest BCUT2D eigenvalue weighted by Gasteiger charge is 1.99. The van der Waals surface area contributed by atoms with Gasteiger partial charge in [0, 0.05) is 18.0 Å². The van der Waals surface area contributed by atoms with Crippen LogP contribution in [0.3, 0.4) is 0 Å². The molecule has 0 atom stereocenters. The molecule has 0 aromatic heterocycles. The number of carbonyl (C=O) groups excluding carboxylic acids is 1. The third kappa shape index (κ3) is 6.41. The molecule has 2 N–H and O–H groups in total. The lowest BCUT2D eigenvalue weighted by molar-refractivity contribution is 0.243. The molecule has 0 fully saturated rings. The van der Waals surface area contributed by atoms with Crippen molar-refractivity contribution in [1.29, 1.82) is 0 Å². The van der Waals surface area contributed by atoms with Gasteiger partial charge in [-0.2, -0.15) is 0 Å². The van der Waals surface area contributed by atoms with Crippen molar-refractivity contribution in [1.82, 2.24) is 10.6 Å². The lowest BCUT2D eigenvalue weighted by Gasteiger charge is -2.06. The predicted molar refractivity (Wildman–Crippen MR) is 79.8 cm³/mol. The zero-order valence-electron chi connectivity index (χ0n) is 11.7. The van der Waals surface area contributed by atoms with Crippen molar-refractivity contribution < 1.29 is 4.79 Å². The highest BCUT2D eigenvalue weighted by molar-refractivity contribution is 5.95. The maximum Gasteiger partial charge on any atom is 0.318 e. The van der Waals surface area contributed by atoms with Gasteiger partial charge < -0.3 is 10.6 Å². The molecular weight excluding hydrogens is 238 g/mol. The molecule has 102 valence electrons. The molecule has 0 aliphatic carbocycles. The summed E-state index contributed by atoms with van der Waals surface area (Å²) < 4.78 is 0. The van der Waals surface area contributed by atoms with E-state index < -0.39 is 0 Å². The molecule has 0 bridgehead atoms. The number of carbonyl (C=O) groups is 1. The molecule has 1 rings (SSSR count). The van der Waals surface area contributed by atoms with Crippen LogP contribution in [0.5, 0.6) is 0 Å². The molecule has 1 aromatic rings. The Morgan fingerprint density at radius 3 is 2.58 bits per heavy atom. The van der Waals surface area contributed by atoms with Crippen LogP contribution in [0.4, 0.5) is 10.5 Å². The van der Waals surface area contributed by atoms with Crippen molar-refractivity contribution in [2.45, 2.75) is 27.2 Å². The quantitative estimate of drug-likeness (QED) is 0.782. The number of urea groups is 1. The Balaban J connectivity index is 2.58. The number of amides is 2. The van der Waals surface area contributed by atoms with Crippen molar-refractivity contribution in [3.63, 3.8) is 0 Å². The van der Waals surface area contributed by atoms with Crippen LogP contribution in [0.1, 0.15) is 27.2 Å². The lowest BCUT2D eigenvalue weighted by atomic mass is 10.3. The molecule has 0 heterocycles. The molecule has 0 aliphatic rings. The fraction of sp³-hybridized carbons (Fsp3) is 0.333. The van der Waals surface area contributed by atoms with Crippen molar-refractivity contribution in [2.24, 2.45) is 4.99 Å². The van der Waals surface area contributed by atoms with Gasteiger partial charge in [0.25, 0.3) is 0 Å². The first kappa shape index (κ1) is 15.0. The Labute approximate surface area is 114 Å². The topological polar surface area (TPSA) is 53.5 Å². The molecular formula is C15H21N3O. The summed E-state index contributed by atoms with van der Waals surface area (Å²) in [6.45, 7) is 6.44. The summed E-state index contributed by atoms with van der Waals surface area (Å²) in [5, 5.41) is 5.52. The number of nitrogens with one attached hydrogen (secondary N) is 2. The number of allylic oxidation sites excluding steroid dienone is 2. The van der Waals surface area contributed by atoms with E-state index in [0.29, 0.717) is 6.54 Å². The Kier molecular flexibility index (Phi) is 6.36. The smallest absolute Gasteiger partial charge is 0.318 e. The summed E-state index contributed by atoms with van der Waals surface area (Å²) in [6, 6.07) is 9.54. The van der Waals surface area contributed by atoms with Gasteiger partial charge in [-0.15, -0.1) is 0 Å². The first-order valence-electron chi connectivity index (χ1n) is 6.45. The van der Waals surface area contributed by atoms with Gasteiger partial charge in [-0.25, -0.2) is 4.79 Å². The molecule has 4 heteroatoms. The summed E-state index contributed by atoms with van der Waals surface area (Å²) in [5.74, 6) is 0. The normalized spacial score (nSPS) is 12.2. The van der Waals surface area contributed by atoms with E-state index in [2.05, 4.69) is 15.6 Å². The fourth-order valence-electron chi connectivity index (χ4n) is 1.55. The van der Waals surface area contributed by atoms with Crippen LogP contribution in [-0.2, 0) is 0 Å². The molecule has 0 saturated heterocycles. The van der Waals surface area contributed by atoms with E-state index in [1.54, 1.807) is 0 Å². The second-order valence-electron chi connectivity index (χ2n) is 4.30. The van der Waals surface area contributed by atoms with Crippen molar-refractivity contribution in [3.8, 4) is 0 Å². The maximum atomic E-state index is 11.4. The number of aliphatic imine (C=N–C) groups is 1. The van der Waals surface area contributed by atoms with Crippen LogP contribution in [-0.4, -0.2) is 18.3 Å². The summed E-state index contributed by atoms with van der Waals surface area (Å²) in [4.78, 5) is 15.9. The number of para-hydroxylation sites is 1. The average molecular weight is 259 g/mol. The Morgan fingerprint density at radius 2 is 1.95 bits per heavy atom. The summed E-state index contributed by atoms with van der Waals surface area (Å²) in [7, 11) is 0. The van der Waals surface area contributed by atoms with E-state index in [9.17, 15) is 4.79 Å². The van der Waals surface area contributed by atoms with Gasteiger partial charge in [-0.05, 0) is 38.5 Å². The second-order valence-corrected chi connectivity index (χ2v) is 4.30. The molecule has 1 aromatic carbocycles. The van der Waals surface area contributed by atoms with Gasteiger partial charge >= 0.3 is 6.03 Å². The van der Waals surface area contributed by atoms with Crippen LogP contribution < -0.4 is 10.6 Å². The minimum atomic E-state index is -0.178. The Bertz CT molecular complexity index is 464. The van der Waals surface area contributed by atoms with E-state index in [1.165, 1.54) is 0 Å². The first-order chi connectivity index (χ1) is 9.11. The Morgan fingerprint density at radius 1 is 1.26 bits per heavy atom. The number of hydrogen-bond donors (Lipinski definition) is 2.